The summed E-state index contributed by atoms with van der Waals surface area (Å²) in [5.74, 6) is -0.321. The van der Waals surface area contributed by atoms with Crippen LogP contribution in [0.3, 0.4) is 0 Å². The predicted molar refractivity (Wildman–Crippen MR) is 418 cm³/mol. The molecule has 0 bridgehead atoms. The zero-order valence-corrected chi connectivity index (χ0v) is 70.7. The Kier molecular flexibility index (Phi) is 24.5. The van der Waals surface area contributed by atoms with Crippen LogP contribution in [0.2, 0.25) is 97.9 Å². The van der Waals surface area contributed by atoms with Crippen molar-refractivity contribution < 1.29 is 79.6 Å². The number of nitrogens with one attached hydrogen (secondary N) is 1. The third-order valence-electron chi connectivity index (χ3n) is 22.1. The molecule has 2 N–H and O–H groups in total. The summed E-state index contributed by atoms with van der Waals surface area (Å²) in [4.78, 5) is 18.8. The van der Waals surface area contributed by atoms with Gasteiger partial charge in [-0.15, -0.1) is 0 Å². The molecule has 106 heavy (non-hydrogen) atoms. The predicted octanol–water partition coefficient (Wildman–Crippen LogP) is 15.1. The first-order chi connectivity index (χ1) is 49.8. The lowest BCUT2D eigenvalue weighted by molar-refractivity contribution is 0.00722. The van der Waals surface area contributed by atoms with E-state index in [2.05, 4.69) is 144 Å². The normalized spacial score (nSPS) is 25.6. The summed E-state index contributed by atoms with van der Waals surface area (Å²) in [7, 11) is -6.39. The second kappa shape index (κ2) is 32.2. The van der Waals surface area contributed by atoms with E-state index < -0.39 is 74.9 Å². The third-order valence-corrected chi connectivity index (χ3v) is 35.3. The Labute approximate surface area is 636 Å². The number of aromatic nitrogens is 6. The molecule has 14 rings (SSSR count). The number of anilines is 1. The van der Waals surface area contributed by atoms with Crippen LogP contribution in [0.1, 0.15) is 58.2 Å². The number of aliphatic hydroxyl groups excluding tert-OH is 1. The summed E-state index contributed by atoms with van der Waals surface area (Å²) in [5, 5.41) is 10.9. The van der Waals surface area contributed by atoms with Gasteiger partial charge in [-0.05, 0) is 116 Å². The summed E-state index contributed by atoms with van der Waals surface area (Å²) in [6.07, 6.45) is -3.85. The number of fused-ring (bicyclic) bond motifs is 6. The maximum absolute atomic E-state index is 15.7. The monoisotopic (exact) mass is 1580 g/mol. The van der Waals surface area contributed by atoms with Crippen LogP contribution in [-0.2, 0) is 64.9 Å². The van der Waals surface area contributed by atoms with Gasteiger partial charge in [0.25, 0.3) is 0 Å². The van der Waals surface area contributed by atoms with Gasteiger partial charge in [-0.3, -0.25) is 9.13 Å². The van der Waals surface area contributed by atoms with E-state index in [1.165, 1.54) is 0 Å². The summed E-state index contributed by atoms with van der Waals surface area (Å²) < 4.78 is 120. The van der Waals surface area contributed by atoms with Gasteiger partial charge in [-0.25, -0.2) is 15.0 Å². The number of pyridine rings is 3. The smallest absolute Gasteiger partial charge is 0.235 e. The largest absolute Gasteiger partial charge is 0.470 e. The summed E-state index contributed by atoms with van der Waals surface area (Å²) in [5.41, 5.74) is 8.69. The number of benzene rings is 1. The second-order valence-electron chi connectivity index (χ2n) is 34.7. The van der Waals surface area contributed by atoms with Gasteiger partial charge < -0.3 is 80.7 Å². The topological polar surface area (TPSA) is 217 Å². The Morgan fingerprint density at radius 1 is 0.547 bits per heavy atom. The number of H-pyrrole nitrogens is 1. The molecule has 0 aliphatic carbocycles. The number of rotatable bonds is 22. The Morgan fingerprint density at radius 2 is 1.03 bits per heavy atom. The Balaban J connectivity index is 0.000000149. The molecule has 30 heteroatoms. The highest BCUT2D eigenvalue weighted by Gasteiger charge is 2.55. The molecule has 584 valence electrons. The first-order valence-electron chi connectivity index (χ1n) is 37.4. The zero-order valence-electron chi connectivity index (χ0n) is 65.2. The van der Waals surface area contributed by atoms with Gasteiger partial charge >= 0.3 is 0 Å². The number of morpholine rings is 1. The van der Waals surface area contributed by atoms with Crippen LogP contribution >= 0.6 is 23.2 Å². The molecule has 0 unspecified atom stereocenters. The van der Waals surface area contributed by atoms with Crippen molar-refractivity contribution in [2.24, 2.45) is 0 Å². The van der Waals surface area contributed by atoms with Crippen molar-refractivity contribution in [3.8, 4) is 28.9 Å². The molecule has 12 atom stereocenters. The second-order valence-corrected chi connectivity index (χ2v) is 56.2. The number of ether oxygens (including phenoxy) is 12. The SMILES string of the molecule is Cc1cc2[nH]c(O[C@@H]3CO[C@H]4[C@@H]3OC[C@H]4O)c(F)c2nc1-c1ccc(N2CCOCC2)cc1.Cc1cc2c(cc(O[C@@H]3CO[C@H]4[C@@H]3OC[C@H]4O[Si](C)(C)C(C)(C)C)n2COCC[Si](C)(C)C)nc1Cl.Cc1cc2c(nc1Cl)c(F)c(O[C@@H]1CO[C@H]3[C@@H]1OC[C@H]3O[Si](C)(C)C(C)(C)C)n2COCC[Si](C)(C)C. The molecule has 7 saturated heterocycles. The number of aliphatic hydroxyl groups is 1. The van der Waals surface area contributed by atoms with Crippen molar-refractivity contribution in [2.75, 3.05) is 84.1 Å². The van der Waals surface area contributed by atoms with Crippen LogP contribution in [0, 0.1) is 32.4 Å². The average molecular weight is 1580 g/mol. The first kappa shape index (κ1) is 80.8. The number of aryl methyl sites for hydroxylation is 3. The summed E-state index contributed by atoms with van der Waals surface area (Å²) in [6, 6.07) is 18.0. The van der Waals surface area contributed by atoms with Gasteiger partial charge in [0.2, 0.25) is 23.4 Å². The molecule has 6 aromatic heterocycles. The van der Waals surface area contributed by atoms with E-state index in [1.807, 2.05) is 61.7 Å². The third kappa shape index (κ3) is 17.9. The van der Waals surface area contributed by atoms with Crippen LogP contribution in [-0.4, -0.2) is 219 Å². The number of hydrogen-bond acceptors (Lipinski definition) is 19. The summed E-state index contributed by atoms with van der Waals surface area (Å²) in [6.45, 7) is 49.3. The molecule has 7 aliphatic rings. The van der Waals surface area contributed by atoms with Gasteiger partial charge in [-0.1, -0.05) is 116 Å². The van der Waals surface area contributed by atoms with E-state index in [1.54, 1.807) is 4.57 Å². The van der Waals surface area contributed by atoms with Crippen molar-refractivity contribution in [1.82, 2.24) is 29.1 Å². The van der Waals surface area contributed by atoms with E-state index >= 15 is 8.78 Å². The van der Waals surface area contributed by atoms with E-state index in [0.717, 1.165) is 89.7 Å². The van der Waals surface area contributed by atoms with Gasteiger partial charge in [0.15, 0.2) is 40.8 Å². The van der Waals surface area contributed by atoms with Gasteiger partial charge in [0.05, 0.1) is 92.8 Å². The van der Waals surface area contributed by atoms with E-state index in [0.29, 0.717) is 55.2 Å². The number of nitrogens with zero attached hydrogens (tertiary/aromatic N) is 6. The zero-order chi connectivity index (χ0) is 76.3. The van der Waals surface area contributed by atoms with Crippen molar-refractivity contribution in [1.29, 1.82) is 0 Å². The molecule has 7 fully saturated rings. The molecule has 0 radical (unpaired) electrons. The quantitative estimate of drug-likeness (QED) is 0.0366. The fraction of sp³-hybridized carbons (Fsp3) is 0.645. The van der Waals surface area contributed by atoms with Crippen LogP contribution in [0.25, 0.3) is 44.4 Å². The van der Waals surface area contributed by atoms with Crippen molar-refractivity contribution >= 4 is 94.8 Å². The van der Waals surface area contributed by atoms with Crippen LogP contribution < -0.4 is 19.1 Å². The molecule has 22 nitrogen and oxygen atoms in total. The molecule has 13 heterocycles. The lowest BCUT2D eigenvalue weighted by Gasteiger charge is -2.39. The number of aromatic amines is 1. The number of hydrogen-bond donors (Lipinski definition) is 2. The number of halogens is 4. The molecular formula is C76H111Cl2F2N7O15Si4. The lowest BCUT2D eigenvalue weighted by atomic mass is 10.1. The van der Waals surface area contributed by atoms with Crippen molar-refractivity contribution in [3.05, 3.63) is 87.2 Å². The molecule has 0 saturated carbocycles. The van der Waals surface area contributed by atoms with Crippen LogP contribution in [0.4, 0.5) is 14.5 Å². The van der Waals surface area contributed by atoms with Crippen LogP contribution in [0.15, 0.2) is 48.5 Å². The Morgan fingerprint density at radius 3 is 1.58 bits per heavy atom. The minimum absolute atomic E-state index is 0.0101. The first-order valence-corrected chi connectivity index (χ1v) is 51.3. The minimum atomic E-state index is -2.01. The molecular weight excluding hydrogens is 1470 g/mol. The highest BCUT2D eigenvalue weighted by atomic mass is 35.5. The summed E-state index contributed by atoms with van der Waals surface area (Å²) >= 11 is 12.6. The Bertz CT molecular complexity index is 4210. The van der Waals surface area contributed by atoms with Gasteiger partial charge in [0, 0.05) is 59.8 Å². The molecule has 0 amide bonds. The molecule has 7 aliphatic heterocycles. The molecule has 0 spiro atoms. The molecule has 1 aromatic carbocycles. The van der Waals surface area contributed by atoms with Crippen molar-refractivity contribution in [3.63, 3.8) is 0 Å². The average Bonchev–Trinajstić information content (AvgIpc) is 1.64. The minimum Gasteiger partial charge on any atom is -0.470 e. The fourth-order valence-corrected chi connectivity index (χ4v) is 18.0. The van der Waals surface area contributed by atoms with E-state index in [9.17, 15) is 5.11 Å². The van der Waals surface area contributed by atoms with Gasteiger partial charge in [0.1, 0.15) is 77.5 Å². The van der Waals surface area contributed by atoms with E-state index in [-0.39, 0.29) is 107 Å². The highest BCUT2D eigenvalue weighted by molar-refractivity contribution is 6.76. The molecule has 7 aromatic rings. The van der Waals surface area contributed by atoms with Crippen LogP contribution in [0.5, 0.6) is 17.6 Å². The maximum atomic E-state index is 15.7. The van der Waals surface area contributed by atoms with Gasteiger partial charge in [-0.2, -0.15) is 8.78 Å². The van der Waals surface area contributed by atoms with Crippen molar-refractivity contribution in [2.45, 2.75) is 237 Å². The lowest BCUT2D eigenvalue weighted by Crippen LogP contribution is -2.47. The standard InChI is InChI=1S/C26H42ClFN2O5Si2.C26H43ClN2O5Si2.C24H26FN3O5/c1-16-12-17-21(29-24(16)27)20(28)25(30(17)15-31-10-11-36(5,6)7)34-18-13-32-23-19(14-33-22(18)23)35-37(8,9)26(2,3)4;1-17-12-19-18(28-25(17)27)13-22(29(19)16-30-10-11-35(5,6)7)33-20-14-31-24-21(15-32-23(20)24)34-36(8,9)26(2,3)4;1-13-10-16-21(19(25)24(26-16)33-18-12-32-22-17(29)11-31-23(18)22)27-20(13)14-2-4-15(5-3-14)28-6-8-30-9-7-28/h12,18-19,22-23H,10-11,13-15H2,1-9H3;12-13,20-21,23-24H,10-11,14-16H2,1-9H3;2-5,10,17-18,22-23,26,29H,6-9,11-12H2,1H3/t18-,19-,22-,23-;20-,21-,23-,24-;17-,18-,22-,23-/m111/s1. The Hall–Kier alpha value is -4.68. The highest BCUT2D eigenvalue weighted by Crippen LogP contribution is 2.45. The fourth-order valence-electron chi connectivity index (χ4n) is 13.6. The van der Waals surface area contributed by atoms with E-state index in [4.69, 9.17) is 88.9 Å². The maximum Gasteiger partial charge on any atom is 0.235 e.